The molecule has 0 aromatic heterocycles. The minimum Gasteiger partial charge on any atom is -0.454 e. The van der Waals surface area contributed by atoms with Gasteiger partial charge in [-0.3, -0.25) is 14.4 Å². The average Bonchev–Trinajstić information content (AvgIpc) is 3.34. The molecule has 5 aliphatic rings. The fraction of sp³-hybridized carbons (Fsp3) is 0.594. The molecular weight excluding hydrogens is 592 g/mol. The zero-order valence-electron chi connectivity index (χ0n) is 25.7. The van der Waals surface area contributed by atoms with Gasteiger partial charge in [0.1, 0.15) is 12.2 Å². The monoisotopic (exact) mass is 628 g/mol. The average molecular weight is 629 g/mol. The van der Waals surface area contributed by atoms with E-state index in [2.05, 4.69) is 0 Å². The van der Waals surface area contributed by atoms with Gasteiger partial charge in [0.05, 0.1) is 29.6 Å². The summed E-state index contributed by atoms with van der Waals surface area (Å²) in [7, 11) is 0. The number of hydrogen-bond acceptors (Lipinski definition) is 13. The number of Topliss-reactive ketones (excluding diaryl/α,β-unsaturated/α-hetero) is 1. The summed E-state index contributed by atoms with van der Waals surface area (Å²) in [5.41, 5.74) is -6.88. The normalized spacial score (nSPS) is 41.0. The van der Waals surface area contributed by atoms with Crippen LogP contribution in [0.1, 0.15) is 58.3 Å². The lowest BCUT2D eigenvalue weighted by Gasteiger charge is -2.67. The molecule has 2 saturated heterocycles. The Hall–Kier alpha value is -3.81. The first-order valence-corrected chi connectivity index (χ1v) is 14.8. The first-order chi connectivity index (χ1) is 21.0. The number of aliphatic hydroxyl groups excluding tert-OH is 2. The van der Waals surface area contributed by atoms with Crippen molar-refractivity contribution in [2.45, 2.75) is 95.8 Å². The highest BCUT2D eigenvalue weighted by Gasteiger charge is 2.82. The third-order valence-electron chi connectivity index (χ3n) is 10.7. The van der Waals surface area contributed by atoms with E-state index in [1.165, 1.54) is 32.9 Å². The topological polar surface area (TPSA) is 181 Å². The summed E-state index contributed by atoms with van der Waals surface area (Å²) in [5, 5.41) is 23.5. The van der Waals surface area contributed by atoms with Crippen molar-refractivity contribution in [1.82, 2.24) is 0 Å². The molecule has 2 bridgehead atoms. The second-order valence-corrected chi connectivity index (χ2v) is 13.3. The maximum atomic E-state index is 15.0. The van der Waals surface area contributed by atoms with Crippen molar-refractivity contribution in [3.8, 4) is 0 Å². The summed E-state index contributed by atoms with van der Waals surface area (Å²) in [4.78, 5) is 67.4. The molecule has 10 atom stereocenters. The van der Waals surface area contributed by atoms with E-state index in [1.807, 2.05) is 0 Å². The number of benzene rings is 1. The number of fused-ring (bicyclic) bond motifs is 4. The Morgan fingerprint density at radius 3 is 2.22 bits per heavy atom. The highest BCUT2D eigenvalue weighted by molar-refractivity contribution is 5.96. The van der Waals surface area contributed by atoms with Crippen molar-refractivity contribution >= 4 is 29.8 Å². The molecule has 2 N–H and O–H groups in total. The predicted molar refractivity (Wildman–Crippen MR) is 149 cm³/mol. The van der Waals surface area contributed by atoms with Crippen LogP contribution in [-0.2, 0) is 42.8 Å². The van der Waals surface area contributed by atoms with Crippen LogP contribution in [-0.4, -0.2) is 94.5 Å². The van der Waals surface area contributed by atoms with Gasteiger partial charge in [0.2, 0.25) is 5.60 Å². The molecule has 1 spiro atoms. The van der Waals surface area contributed by atoms with Crippen LogP contribution >= 0.6 is 0 Å². The van der Waals surface area contributed by atoms with Crippen molar-refractivity contribution in [3.05, 3.63) is 47.0 Å². The van der Waals surface area contributed by atoms with Gasteiger partial charge in [0.25, 0.3) is 0 Å². The molecule has 0 amide bonds. The highest BCUT2D eigenvalue weighted by atomic mass is 16.8. The predicted octanol–water partition coefficient (Wildman–Crippen LogP) is 1.81. The fourth-order valence-electron chi connectivity index (χ4n) is 8.65. The van der Waals surface area contributed by atoms with E-state index in [4.69, 9.17) is 28.4 Å². The number of hydrogen-bond donors (Lipinski definition) is 2. The van der Waals surface area contributed by atoms with E-state index in [0.29, 0.717) is 0 Å². The molecule has 0 radical (unpaired) electrons. The van der Waals surface area contributed by atoms with E-state index >= 15 is 0 Å². The van der Waals surface area contributed by atoms with E-state index in [0.717, 1.165) is 6.92 Å². The summed E-state index contributed by atoms with van der Waals surface area (Å²) >= 11 is 0. The lowest BCUT2D eigenvalue weighted by Crippen LogP contribution is -2.83. The van der Waals surface area contributed by atoms with Crippen LogP contribution in [0.4, 0.5) is 4.79 Å². The maximum absolute atomic E-state index is 15.0. The Balaban J connectivity index is 1.72. The third kappa shape index (κ3) is 3.99. The van der Waals surface area contributed by atoms with Gasteiger partial charge in [0.15, 0.2) is 29.7 Å². The number of rotatable bonds is 4. The lowest BCUT2D eigenvalue weighted by molar-refractivity contribution is -0.345. The Morgan fingerprint density at radius 1 is 0.978 bits per heavy atom. The minimum absolute atomic E-state index is 0.103. The molecule has 13 heteroatoms. The van der Waals surface area contributed by atoms with Crippen molar-refractivity contribution in [2.24, 2.45) is 16.7 Å². The summed E-state index contributed by atoms with van der Waals surface area (Å²) < 4.78 is 35.5. The van der Waals surface area contributed by atoms with Crippen LogP contribution < -0.4 is 0 Å². The molecule has 242 valence electrons. The minimum atomic E-state index is -2.10. The van der Waals surface area contributed by atoms with Crippen molar-refractivity contribution in [3.63, 3.8) is 0 Å². The zero-order chi connectivity index (χ0) is 32.9. The van der Waals surface area contributed by atoms with Gasteiger partial charge in [-0.15, -0.1) is 0 Å². The Bertz CT molecular complexity index is 1520. The molecule has 1 aromatic rings. The molecule has 45 heavy (non-hydrogen) atoms. The molecule has 1 aromatic carbocycles. The second kappa shape index (κ2) is 10.1. The number of esters is 3. The smallest absolute Gasteiger partial charge is 0.454 e. The van der Waals surface area contributed by atoms with Crippen LogP contribution in [0.25, 0.3) is 0 Å². The quantitative estimate of drug-likeness (QED) is 0.280. The van der Waals surface area contributed by atoms with Crippen molar-refractivity contribution < 1.29 is 62.6 Å². The molecule has 4 fully saturated rings. The summed E-state index contributed by atoms with van der Waals surface area (Å²) in [6, 6.07) is 7.93. The highest BCUT2D eigenvalue weighted by Crippen LogP contribution is 2.66. The standard InChI is InChI=1S/C32H36O13/c1-14-20-22(41-15(2)33)24(37)30(6)18(35)12-19-31(13-40-19,44-16(3)34)23(30)26(42-27(38)17-10-8-7-9-11-17)32(29(20,4)5)25(21(14)36)43-28(39)45-32/h7-11,18-19,21-23,25-26,35-36H,12-13H2,1-6H3/t18-,19+,21?,22+,23-,25-,26-,30+,31-,32+/m0/s1. The van der Waals surface area contributed by atoms with Crippen LogP contribution in [0.5, 0.6) is 0 Å². The first kappa shape index (κ1) is 31.2. The number of ether oxygens (including phenoxy) is 6. The Morgan fingerprint density at radius 2 is 1.64 bits per heavy atom. The lowest BCUT2D eigenvalue weighted by atomic mass is 9.44. The number of carbonyl (C=O) groups is 5. The molecule has 2 aliphatic heterocycles. The van der Waals surface area contributed by atoms with E-state index in [1.54, 1.807) is 32.0 Å². The van der Waals surface area contributed by atoms with Gasteiger partial charge in [-0.05, 0) is 37.1 Å². The van der Waals surface area contributed by atoms with Crippen LogP contribution in [0, 0.1) is 16.7 Å². The maximum Gasteiger partial charge on any atom is 0.509 e. The second-order valence-electron chi connectivity index (χ2n) is 13.3. The SMILES string of the molecule is CC(=O)O[C@H]1C(=O)[C@@]2(C)[C@H]([C@H](OC(=O)c3ccccc3)[C@]34OC(=O)O[C@H]3C(O)C(C)=C1C4(C)C)[C@]1(OC(C)=O)CO[C@@H]1C[C@@H]2O. The van der Waals surface area contributed by atoms with E-state index < -0.39 is 94.4 Å². The Labute approximate surface area is 258 Å². The Kier molecular flexibility index (Phi) is 7.00. The number of aliphatic hydroxyl groups is 2. The van der Waals surface area contributed by atoms with Crippen LogP contribution in [0.2, 0.25) is 0 Å². The van der Waals surface area contributed by atoms with Crippen LogP contribution in [0.3, 0.4) is 0 Å². The summed E-state index contributed by atoms with van der Waals surface area (Å²) in [6.07, 6.45) is -10.3. The van der Waals surface area contributed by atoms with Crippen molar-refractivity contribution in [2.75, 3.05) is 6.61 Å². The molecule has 13 nitrogen and oxygen atoms in total. The number of ketones is 1. The molecule has 2 saturated carbocycles. The van der Waals surface area contributed by atoms with Gasteiger partial charge in [-0.25, -0.2) is 9.59 Å². The molecular formula is C32H36O13. The number of carbonyl (C=O) groups excluding carboxylic acids is 5. The van der Waals surface area contributed by atoms with E-state index in [9.17, 15) is 34.2 Å². The van der Waals surface area contributed by atoms with Crippen LogP contribution in [0.15, 0.2) is 41.5 Å². The summed E-state index contributed by atoms with van der Waals surface area (Å²) in [6.45, 7) is 8.18. The largest absolute Gasteiger partial charge is 0.509 e. The first-order valence-electron chi connectivity index (χ1n) is 14.8. The molecule has 2 heterocycles. The molecule has 1 unspecified atom stereocenters. The van der Waals surface area contributed by atoms with Gasteiger partial charge in [0, 0.05) is 25.7 Å². The van der Waals surface area contributed by atoms with Gasteiger partial charge in [-0.1, -0.05) is 32.0 Å². The molecule has 3 aliphatic carbocycles. The van der Waals surface area contributed by atoms with Gasteiger partial charge >= 0.3 is 24.1 Å². The van der Waals surface area contributed by atoms with Gasteiger partial charge in [-0.2, -0.15) is 0 Å². The van der Waals surface area contributed by atoms with Crippen molar-refractivity contribution in [1.29, 1.82) is 0 Å². The third-order valence-corrected chi connectivity index (χ3v) is 10.7. The van der Waals surface area contributed by atoms with Gasteiger partial charge < -0.3 is 38.6 Å². The summed E-state index contributed by atoms with van der Waals surface area (Å²) in [5.74, 6) is -4.68. The van der Waals surface area contributed by atoms with E-state index in [-0.39, 0.29) is 29.7 Å². The zero-order valence-corrected chi connectivity index (χ0v) is 25.7. The fourth-order valence-corrected chi connectivity index (χ4v) is 8.65. The molecule has 6 rings (SSSR count).